The molecule has 11 N–H and O–H groups in total. The van der Waals surface area contributed by atoms with E-state index in [1.165, 1.54) is 0 Å². The Bertz CT molecular complexity index is 2900. The standard InChI is InChI=1S/C75H124N14O23/c1-101-37-41-105-45-49-109-56-71(96)80-21-17-76-65(90)11-28-87(29-12-66(91)77-18-22-81-72(97)57-110-50-46-106-42-38-102-2)34-25-84-69(94)15-32-89(36-27-86-75(100)63-10-9-62-53-60-7-5-6-8-61(60)54-64(62)55-63)33-16-70(95)85-26-35-88(30-13-67(92)78-19-23-82-73(98)58-111-51-47-107-43-39-103-3)31-14-68(93)79-20-24-83-74(99)59-112-52-48-108-44-40-104-4/h5-10,53-55H,11-52,56-59H2,1-4H3,(H,76,90)(H,77,91)(H,78,92)(H,79,93)(H,80,96)(H,81,97)(H,82,98)(H,83,99)(H,84,94)(H,85,95)(H,86,100). The Morgan fingerprint density at radius 3 is 0.759 bits per heavy atom. The van der Waals surface area contributed by atoms with Crippen LogP contribution in [-0.2, 0) is 105 Å². The number of amides is 11. The Labute approximate surface area is 657 Å². The van der Waals surface area contributed by atoms with Crippen LogP contribution in [-0.4, -0.2) is 371 Å². The number of hydrogen-bond donors (Lipinski definition) is 11. The highest BCUT2D eigenvalue weighted by molar-refractivity contribution is 6.03. The number of rotatable bonds is 72. The predicted molar refractivity (Wildman–Crippen MR) is 415 cm³/mol. The highest BCUT2D eigenvalue weighted by Crippen LogP contribution is 2.24. The average molecular weight is 1590 g/mol. The molecule has 3 rings (SSSR count). The van der Waals surface area contributed by atoms with Gasteiger partial charge in [0.25, 0.3) is 5.91 Å². The predicted octanol–water partition coefficient (Wildman–Crippen LogP) is -3.15. The molecule has 0 heterocycles. The van der Waals surface area contributed by atoms with E-state index in [2.05, 4.69) is 64.6 Å². The van der Waals surface area contributed by atoms with Crippen molar-refractivity contribution >= 4 is 86.5 Å². The molecule has 0 aliphatic heterocycles. The second kappa shape index (κ2) is 66.2. The van der Waals surface area contributed by atoms with Gasteiger partial charge in [-0.2, -0.15) is 0 Å². The van der Waals surface area contributed by atoms with Crippen LogP contribution in [0.5, 0.6) is 0 Å². The molecule has 0 saturated carbocycles. The van der Waals surface area contributed by atoms with Crippen molar-refractivity contribution < 1.29 is 110 Å². The van der Waals surface area contributed by atoms with E-state index in [0.29, 0.717) is 84.8 Å². The van der Waals surface area contributed by atoms with Gasteiger partial charge in [0.2, 0.25) is 59.1 Å². The molecule has 0 fully saturated rings. The van der Waals surface area contributed by atoms with Crippen molar-refractivity contribution in [1.29, 1.82) is 0 Å². The lowest BCUT2D eigenvalue weighted by atomic mass is 10.0. The number of nitrogens with one attached hydrogen (secondary N) is 11. The van der Waals surface area contributed by atoms with E-state index in [1.54, 1.807) is 34.5 Å². The molecule has 0 spiro atoms. The number of hydrogen-bond acceptors (Lipinski definition) is 26. The first-order valence-corrected chi connectivity index (χ1v) is 38.1. The smallest absolute Gasteiger partial charge is 0.251 e. The molecule has 0 bridgehead atoms. The quantitative estimate of drug-likeness (QED) is 0.0196. The van der Waals surface area contributed by atoms with Gasteiger partial charge in [-0.1, -0.05) is 30.3 Å². The minimum absolute atomic E-state index is 0.000726. The third-order valence-corrected chi connectivity index (χ3v) is 16.3. The van der Waals surface area contributed by atoms with Crippen LogP contribution in [0.3, 0.4) is 0 Å². The van der Waals surface area contributed by atoms with Crippen molar-refractivity contribution in [2.24, 2.45) is 0 Å². The van der Waals surface area contributed by atoms with E-state index < -0.39 is 0 Å². The number of fused-ring (bicyclic) bond motifs is 2. The van der Waals surface area contributed by atoms with E-state index in [1.807, 2.05) is 57.2 Å². The summed E-state index contributed by atoms with van der Waals surface area (Å²) in [6.45, 7) is 8.42. The lowest BCUT2D eigenvalue weighted by molar-refractivity contribution is -0.127. The zero-order valence-electron chi connectivity index (χ0n) is 66.0. The number of nitrogens with zero attached hydrogens (tertiary/aromatic N) is 3. The molecule has 3 aromatic carbocycles. The first-order chi connectivity index (χ1) is 54.5. The van der Waals surface area contributed by atoms with Gasteiger partial charge in [-0.15, -0.1) is 0 Å². The summed E-state index contributed by atoms with van der Waals surface area (Å²) in [6, 6.07) is 17.6. The first kappa shape index (κ1) is 97.9. The molecule has 11 amide bonds. The minimum atomic E-state index is -0.361. The van der Waals surface area contributed by atoms with Gasteiger partial charge < -0.3 is 130 Å². The summed E-state index contributed by atoms with van der Waals surface area (Å²) in [7, 11) is 6.26. The molecule has 0 aliphatic carbocycles. The number of ether oxygens (including phenoxy) is 12. The maximum atomic E-state index is 13.7. The van der Waals surface area contributed by atoms with Gasteiger partial charge in [-0.25, -0.2) is 0 Å². The minimum Gasteiger partial charge on any atom is -0.382 e. The fourth-order valence-corrected chi connectivity index (χ4v) is 10.2. The van der Waals surface area contributed by atoms with Crippen molar-refractivity contribution in [3.05, 3.63) is 60.2 Å². The van der Waals surface area contributed by atoms with Gasteiger partial charge in [0, 0.05) is 203 Å². The summed E-state index contributed by atoms with van der Waals surface area (Å²) in [5, 5.41) is 34.7. The molecule has 0 unspecified atom stereocenters. The normalized spacial score (nSPS) is 11.2. The number of benzene rings is 3. The SMILES string of the molecule is COCCOCCOCC(=O)NCCNC(=O)CCN(CCNC(=O)CCN(CCNC(=O)c1ccc2cc3ccccc3cc2c1)CCC(=O)NCCN(CCC(=O)NCCNC(=O)COCCOCCOC)CCC(=O)NCCNC(=O)COCCOCCOC)CCC(=O)NCCNC(=O)COCCOCCOC. The van der Waals surface area contributed by atoms with E-state index >= 15 is 0 Å². The first-order valence-electron chi connectivity index (χ1n) is 38.1. The second-order valence-electron chi connectivity index (χ2n) is 25.2. The van der Waals surface area contributed by atoms with Crippen molar-refractivity contribution in [1.82, 2.24) is 73.2 Å². The summed E-state index contributed by atoms with van der Waals surface area (Å²) in [4.78, 5) is 148. The van der Waals surface area contributed by atoms with E-state index in [0.717, 1.165) is 21.5 Å². The van der Waals surface area contributed by atoms with Gasteiger partial charge in [0.05, 0.1) is 106 Å². The monoisotopic (exact) mass is 1590 g/mol. The molecule has 37 heteroatoms. The summed E-state index contributed by atoms with van der Waals surface area (Å²) < 4.78 is 62.3. The van der Waals surface area contributed by atoms with Gasteiger partial charge in [0.15, 0.2) is 0 Å². The topological polar surface area (TPSA) is 441 Å². The fraction of sp³-hybridized carbons (Fsp3) is 0.667. The summed E-state index contributed by atoms with van der Waals surface area (Å²) >= 11 is 0. The summed E-state index contributed by atoms with van der Waals surface area (Å²) in [6.07, 6.45) is 0.121. The number of carbonyl (C=O) groups excluding carboxylic acids is 11. The van der Waals surface area contributed by atoms with Crippen LogP contribution in [0.2, 0.25) is 0 Å². The molecule has 0 aromatic heterocycles. The molecule has 37 nitrogen and oxygen atoms in total. The van der Waals surface area contributed by atoms with E-state index in [9.17, 15) is 52.7 Å². The van der Waals surface area contributed by atoms with Gasteiger partial charge in [0.1, 0.15) is 26.4 Å². The molecule has 0 aliphatic rings. The molecule has 112 heavy (non-hydrogen) atoms. The van der Waals surface area contributed by atoms with Crippen LogP contribution in [0.1, 0.15) is 48.9 Å². The Morgan fingerprint density at radius 1 is 0.241 bits per heavy atom. The van der Waals surface area contributed by atoms with Crippen molar-refractivity contribution in [2.45, 2.75) is 38.5 Å². The van der Waals surface area contributed by atoms with E-state index in [4.69, 9.17) is 56.8 Å². The average Bonchev–Trinajstić information content (AvgIpc) is 0.796. The zero-order chi connectivity index (χ0) is 81.1. The largest absolute Gasteiger partial charge is 0.382 e. The molecule has 0 atom stereocenters. The molecule has 0 radical (unpaired) electrons. The number of methoxy groups -OCH3 is 4. The van der Waals surface area contributed by atoms with Crippen LogP contribution in [0, 0.1) is 0 Å². The Morgan fingerprint density at radius 2 is 0.473 bits per heavy atom. The fourth-order valence-electron chi connectivity index (χ4n) is 10.2. The zero-order valence-corrected chi connectivity index (χ0v) is 66.0. The maximum Gasteiger partial charge on any atom is 0.251 e. The third-order valence-electron chi connectivity index (χ3n) is 16.3. The Balaban J connectivity index is 1.64. The Kier molecular flexibility index (Phi) is 57.9. The van der Waals surface area contributed by atoms with Crippen molar-refractivity contribution in [3.63, 3.8) is 0 Å². The van der Waals surface area contributed by atoms with Gasteiger partial charge in [-0.05, 0) is 45.8 Å². The van der Waals surface area contributed by atoms with E-state index in [-0.39, 0.29) is 287 Å². The molecule has 0 saturated heterocycles. The maximum absolute atomic E-state index is 13.7. The molecular formula is C75H124N14O23. The summed E-state index contributed by atoms with van der Waals surface area (Å²) in [5.74, 6) is -3.63. The Hall–Kier alpha value is -8.25. The highest BCUT2D eigenvalue weighted by atomic mass is 16.6. The lowest BCUT2D eigenvalue weighted by Gasteiger charge is -2.24. The summed E-state index contributed by atoms with van der Waals surface area (Å²) in [5.41, 5.74) is 0.456. The number of carbonyl (C=O) groups is 11. The van der Waals surface area contributed by atoms with Crippen LogP contribution >= 0.6 is 0 Å². The van der Waals surface area contributed by atoms with Crippen LogP contribution in [0.15, 0.2) is 54.6 Å². The second-order valence-corrected chi connectivity index (χ2v) is 25.2. The van der Waals surface area contributed by atoms with Crippen LogP contribution < -0.4 is 58.5 Å². The third kappa shape index (κ3) is 52.9. The van der Waals surface area contributed by atoms with Crippen LogP contribution in [0.25, 0.3) is 21.5 Å². The van der Waals surface area contributed by atoms with Gasteiger partial charge >= 0.3 is 0 Å². The van der Waals surface area contributed by atoms with Gasteiger partial charge in [-0.3, -0.25) is 52.7 Å². The highest BCUT2D eigenvalue weighted by Gasteiger charge is 2.18. The molecule has 632 valence electrons. The van der Waals surface area contributed by atoms with Crippen molar-refractivity contribution in [3.8, 4) is 0 Å². The molecular weight excluding hydrogens is 1460 g/mol. The van der Waals surface area contributed by atoms with Crippen LogP contribution in [0.4, 0.5) is 0 Å². The van der Waals surface area contributed by atoms with Crippen molar-refractivity contribution in [2.75, 3.05) is 291 Å². The molecule has 3 aromatic rings. The lowest BCUT2D eigenvalue weighted by Crippen LogP contribution is -2.42.